The second kappa shape index (κ2) is 8.99. The molecular formula is C23H17F3N4O2S. The Morgan fingerprint density at radius 2 is 1.76 bits per heavy atom. The van der Waals surface area contributed by atoms with E-state index in [0.717, 1.165) is 12.1 Å². The molecule has 0 saturated heterocycles. The molecule has 10 heteroatoms. The predicted molar refractivity (Wildman–Crippen MR) is 118 cm³/mol. The predicted octanol–water partition coefficient (Wildman–Crippen LogP) is 4.97. The second-order valence-corrected chi connectivity index (χ2v) is 8.07. The summed E-state index contributed by atoms with van der Waals surface area (Å²) in [5, 5.41) is 4.97. The lowest BCUT2D eigenvalue weighted by Crippen LogP contribution is -2.15. The lowest BCUT2D eigenvalue weighted by molar-refractivity contribution is -0.137. The highest BCUT2D eigenvalue weighted by atomic mass is 32.1. The van der Waals surface area contributed by atoms with Gasteiger partial charge in [-0.15, -0.1) is 11.3 Å². The van der Waals surface area contributed by atoms with Crippen LogP contribution >= 0.6 is 11.3 Å². The van der Waals surface area contributed by atoms with Crippen LogP contribution in [-0.4, -0.2) is 26.2 Å². The van der Waals surface area contributed by atoms with Gasteiger partial charge in [0.05, 0.1) is 17.7 Å². The van der Waals surface area contributed by atoms with Crippen molar-refractivity contribution in [2.45, 2.75) is 12.6 Å². The fourth-order valence-electron chi connectivity index (χ4n) is 3.11. The standard InChI is InChI=1S/C23H17F3N4O2S/c1-30-11-10-27-21(30)20(32)14-4-8-17(9-5-14)28-19(31)12-18-13-33-22(29-18)15-2-6-16(7-3-15)23(24,25)26/h2-11,13H,12H2,1H3,(H,28,31). The third-order valence-corrected chi connectivity index (χ3v) is 5.75. The van der Waals surface area contributed by atoms with Crippen LogP contribution in [0.3, 0.4) is 0 Å². The van der Waals surface area contributed by atoms with Crippen LogP contribution in [0.1, 0.15) is 27.4 Å². The topological polar surface area (TPSA) is 76.9 Å². The van der Waals surface area contributed by atoms with Gasteiger partial charge in [-0.3, -0.25) is 9.59 Å². The minimum atomic E-state index is -4.39. The lowest BCUT2D eigenvalue weighted by Gasteiger charge is -2.06. The van der Waals surface area contributed by atoms with Crippen LogP contribution in [-0.2, 0) is 24.4 Å². The number of nitrogens with zero attached hydrogens (tertiary/aromatic N) is 3. The summed E-state index contributed by atoms with van der Waals surface area (Å²) >= 11 is 1.25. The van der Waals surface area contributed by atoms with Crippen LogP contribution in [0, 0.1) is 0 Å². The Kier molecular flexibility index (Phi) is 6.10. The third-order valence-electron chi connectivity index (χ3n) is 4.81. The largest absolute Gasteiger partial charge is 0.416 e. The van der Waals surface area contributed by atoms with Gasteiger partial charge in [-0.25, -0.2) is 9.97 Å². The highest BCUT2D eigenvalue weighted by Crippen LogP contribution is 2.31. The number of anilines is 1. The number of hydrogen-bond acceptors (Lipinski definition) is 5. The van der Waals surface area contributed by atoms with Gasteiger partial charge in [0.25, 0.3) is 0 Å². The molecule has 0 fully saturated rings. The molecule has 0 saturated carbocycles. The monoisotopic (exact) mass is 470 g/mol. The Balaban J connectivity index is 1.37. The summed E-state index contributed by atoms with van der Waals surface area (Å²) in [4.78, 5) is 33.2. The van der Waals surface area contributed by atoms with Crippen LogP contribution in [0.15, 0.2) is 66.3 Å². The number of imidazole rings is 1. The molecule has 4 rings (SSSR count). The smallest absolute Gasteiger partial charge is 0.331 e. The number of benzene rings is 2. The minimum absolute atomic E-state index is 0.00505. The maximum Gasteiger partial charge on any atom is 0.416 e. The van der Waals surface area contributed by atoms with E-state index in [1.807, 2.05) is 0 Å². The molecule has 0 atom stereocenters. The van der Waals surface area contributed by atoms with Crippen molar-refractivity contribution in [2.24, 2.45) is 7.05 Å². The molecule has 2 aromatic heterocycles. The quantitative estimate of drug-likeness (QED) is 0.404. The zero-order valence-corrected chi connectivity index (χ0v) is 18.1. The fourth-order valence-corrected chi connectivity index (χ4v) is 3.94. The van der Waals surface area contributed by atoms with Gasteiger partial charge in [0.2, 0.25) is 11.7 Å². The number of aryl methyl sites for hydroxylation is 1. The van der Waals surface area contributed by atoms with E-state index in [1.54, 1.807) is 53.7 Å². The Labute approximate surface area is 190 Å². The van der Waals surface area contributed by atoms with E-state index in [0.29, 0.717) is 33.3 Å². The lowest BCUT2D eigenvalue weighted by atomic mass is 10.1. The molecule has 2 aromatic carbocycles. The molecule has 0 aliphatic rings. The maximum absolute atomic E-state index is 12.7. The number of rotatable bonds is 6. The molecule has 0 bridgehead atoms. The molecule has 6 nitrogen and oxygen atoms in total. The number of carbonyl (C=O) groups excluding carboxylic acids is 2. The summed E-state index contributed by atoms with van der Waals surface area (Å²) in [6.07, 6.45) is -1.16. The number of carbonyl (C=O) groups is 2. The SMILES string of the molecule is Cn1ccnc1C(=O)c1ccc(NC(=O)Cc2csc(-c3ccc(C(F)(F)F)cc3)n2)cc1. The molecule has 33 heavy (non-hydrogen) atoms. The molecule has 1 N–H and O–H groups in total. The summed E-state index contributed by atoms with van der Waals surface area (Å²) in [6.45, 7) is 0. The van der Waals surface area contributed by atoms with Crippen molar-refractivity contribution in [3.63, 3.8) is 0 Å². The van der Waals surface area contributed by atoms with Crippen LogP contribution in [0.4, 0.5) is 18.9 Å². The number of amides is 1. The van der Waals surface area contributed by atoms with Crippen LogP contribution in [0.5, 0.6) is 0 Å². The molecule has 4 aromatic rings. The van der Waals surface area contributed by atoms with Gasteiger partial charge < -0.3 is 9.88 Å². The van der Waals surface area contributed by atoms with Gasteiger partial charge >= 0.3 is 6.18 Å². The average molecular weight is 470 g/mol. The van der Waals surface area contributed by atoms with Gasteiger partial charge in [-0.2, -0.15) is 13.2 Å². The minimum Gasteiger partial charge on any atom is -0.331 e. The number of ketones is 1. The van der Waals surface area contributed by atoms with Gasteiger partial charge in [0, 0.05) is 41.6 Å². The van der Waals surface area contributed by atoms with Crippen molar-refractivity contribution in [2.75, 3.05) is 5.32 Å². The van der Waals surface area contributed by atoms with E-state index < -0.39 is 11.7 Å². The molecule has 0 unspecified atom stereocenters. The number of thiazole rings is 1. The number of aromatic nitrogens is 3. The van der Waals surface area contributed by atoms with E-state index in [2.05, 4.69) is 15.3 Å². The summed E-state index contributed by atoms with van der Waals surface area (Å²) < 4.78 is 39.8. The van der Waals surface area contributed by atoms with Gasteiger partial charge in [0.15, 0.2) is 5.82 Å². The number of halogens is 3. The fraction of sp³-hybridized carbons (Fsp3) is 0.130. The average Bonchev–Trinajstić information content (AvgIpc) is 3.42. The van der Waals surface area contributed by atoms with Gasteiger partial charge in [-0.05, 0) is 36.4 Å². The number of nitrogens with one attached hydrogen (secondary N) is 1. The second-order valence-electron chi connectivity index (χ2n) is 7.21. The molecule has 1 amide bonds. The van der Waals surface area contributed by atoms with Crippen LogP contribution in [0.2, 0.25) is 0 Å². The van der Waals surface area contributed by atoms with Crippen LogP contribution < -0.4 is 5.32 Å². The van der Waals surface area contributed by atoms with E-state index in [9.17, 15) is 22.8 Å². The highest BCUT2D eigenvalue weighted by molar-refractivity contribution is 7.13. The van der Waals surface area contributed by atoms with Crippen molar-refractivity contribution in [1.29, 1.82) is 0 Å². The first-order chi connectivity index (χ1) is 15.7. The third kappa shape index (κ3) is 5.17. The zero-order valence-electron chi connectivity index (χ0n) is 17.3. The molecule has 168 valence electrons. The first kappa shape index (κ1) is 22.4. The summed E-state index contributed by atoms with van der Waals surface area (Å²) in [5.41, 5.74) is 1.30. The van der Waals surface area contributed by atoms with E-state index >= 15 is 0 Å². The molecule has 0 radical (unpaired) electrons. The Hall–Kier alpha value is -3.79. The zero-order chi connectivity index (χ0) is 23.6. The first-order valence-electron chi connectivity index (χ1n) is 9.74. The maximum atomic E-state index is 12.7. The first-order valence-corrected chi connectivity index (χ1v) is 10.6. The van der Waals surface area contributed by atoms with Crippen molar-refractivity contribution >= 4 is 28.7 Å². The van der Waals surface area contributed by atoms with Gasteiger partial charge in [-0.1, -0.05) is 12.1 Å². The van der Waals surface area contributed by atoms with Crippen LogP contribution in [0.25, 0.3) is 10.6 Å². The highest BCUT2D eigenvalue weighted by Gasteiger charge is 2.30. The van der Waals surface area contributed by atoms with E-state index in [-0.39, 0.29) is 18.1 Å². The molecule has 2 heterocycles. The summed E-state index contributed by atoms with van der Waals surface area (Å²) in [6, 6.07) is 11.2. The summed E-state index contributed by atoms with van der Waals surface area (Å²) in [7, 11) is 1.73. The molecular weight excluding hydrogens is 453 g/mol. The summed E-state index contributed by atoms with van der Waals surface area (Å²) in [5.74, 6) is -0.208. The molecule has 0 aliphatic heterocycles. The van der Waals surface area contributed by atoms with E-state index in [4.69, 9.17) is 0 Å². The normalized spacial score (nSPS) is 11.4. The number of hydrogen-bond donors (Lipinski definition) is 1. The van der Waals surface area contributed by atoms with Crippen molar-refractivity contribution in [1.82, 2.24) is 14.5 Å². The Morgan fingerprint density at radius 1 is 1.06 bits per heavy atom. The molecule has 0 aliphatic carbocycles. The Bertz CT molecular complexity index is 1290. The Morgan fingerprint density at radius 3 is 2.36 bits per heavy atom. The van der Waals surface area contributed by atoms with Gasteiger partial charge in [0.1, 0.15) is 5.01 Å². The molecule has 0 spiro atoms. The van der Waals surface area contributed by atoms with Crippen molar-refractivity contribution in [3.05, 3.63) is 88.9 Å². The van der Waals surface area contributed by atoms with Crippen molar-refractivity contribution < 1.29 is 22.8 Å². The van der Waals surface area contributed by atoms with E-state index in [1.165, 1.54) is 23.5 Å². The number of alkyl halides is 3. The van der Waals surface area contributed by atoms with Crippen molar-refractivity contribution in [3.8, 4) is 10.6 Å².